The highest BCUT2D eigenvalue weighted by Crippen LogP contribution is 2.40. The highest BCUT2D eigenvalue weighted by molar-refractivity contribution is 6.46. The van der Waals surface area contributed by atoms with E-state index in [1.54, 1.807) is 73.3 Å². The first-order chi connectivity index (χ1) is 15.6. The summed E-state index contributed by atoms with van der Waals surface area (Å²) in [4.78, 5) is 35.6. The Morgan fingerprint density at radius 3 is 2.22 bits per heavy atom. The third kappa shape index (κ3) is 4.23. The average molecular weight is 429 g/mol. The molecular weight excluding hydrogens is 406 g/mol. The van der Waals surface area contributed by atoms with Gasteiger partial charge in [-0.15, -0.1) is 0 Å². The number of ketones is 1. The van der Waals surface area contributed by atoms with Gasteiger partial charge in [0, 0.05) is 36.9 Å². The molecule has 2 aromatic heterocycles. The zero-order valence-electron chi connectivity index (χ0n) is 17.6. The van der Waals surface area contributed by atoms with Gasteiger partial charge in [0.1, 0.15) is 11.5 Å². The number of amides is 1. The summed E-state index contributed by atoms with van der Waals surface area (Å²) in [5, 5.41) is 11.1. The normalized spacial score (nSPS) is 17.5. The Labute approximate surface area is 186 Å². The van der Waals surface area contributed by atoms with Crippen LogP contribution in [0.3, 0.4) is 0 Å². The Kier molecular flexibility index (Phi) is 6.26. The summed E-state index contributed by atoms with van der Waals surface area (Å²) in [5.41, 5.74) is 2.02. The van der Waals surface area contributed by atoms with E-state index in [2.05, 4.69) is 9.97 Å². The molecule has 0 aliphatic carbocycles. The molecule has 0 bridgehead atoms. The lowest BCUT2D eigenvalue weighted by molar-refractivity contribution is -0.140. The van der Waals surface area contributed by atoms with Gasteiger partial charge in [-0.1, -0.05) is 6.92 Å². The summed E-state index contributed by atoms with van der Waals surface area (Å²) >= 11 is 0. The van der Waals surface area contributed by atoms with Crippen LogP contribution in [0.15, 0.2) is 78.9 Å². The van der Waals surface area contributed by atoms with Crippen molar-refractivity contribution >= 4 is 17.4 Å². The lowest BCUT2D eigenvalue weighted by Gasteiger charge is -2.25. The molecule has 1 saturated heterocycles. The highest BCUT2D eigenvalue weighted by atomic mass is 16.5. The molecule has 0 radical (unpaired) electrons. The maximum atomic E-state index is 13.1. The van der Waals surface area contributed by atoms with Gasteiger partial charge in [0.2, 0.25) is 0 Å². The van der Waals surface area contributed by atoms with Gasteiger partial charge in [-0.3, -0.25) is 19.6 Å². The lowest BCUT2D eigenvalue weighted by Crippen LogP contribution is -2.29. The monoisotopic (exact) mass is 429 g/mol. The third-order valence-corrected chi connectivity index (χ3v) is 5.26. The molecular formula is C25H23N3O4. The van der Waals surface area contributed by atoms with Crippen LogP contribution in [0.25, 0.3) is 5.76 Å². The molecule has 1 unspecified atom stereocenters. The molecule has 162 valence electrons. The second kappa shape index (κ2) is 9.43. The Hall–Kier alpha value is -4.00. The smallest absolute Gasteiger partial charge is 0.295 e. The van der Waals surface area contributed by atoms with E-state index in [1.165, 1.54) is 4.90 Å². The number of carbonyl (C=O) groups is 2. The summed E-state index contributed by atoms with van der Waals surface area (Å²) in [7, 11) is 0. The molecule has 1 aliphatic heterocycles. The van der Waals surface area contributed by atoms with Gasteiger partial charge in [-0.05, 0) is 66.1 Å². The van der Waals surface area contributed by atoms with Crippen molar-refractivity contribution < 1.29 is 19.4 Å². The van der Waals surface area contributed by atoms with E-state index < -0.39 is 17.7 Å². The number of carbonyl (C=O) groups excluding carboxylic acids is 2. The Balaban J connectivity index is 1.76. The first-order valence-corrected chi connectivity index (χ1v) is 10.4. The van der Waals surface area contributed by atoms with Crippen molar-refractivity contribution in [1.29, 1.82) is 0 Å². The molecule has 4 rings (SSSR count). The van der Waals surface area contributed by atoms with Crippen LogP contribution in [0.4, 0.5) is 0 Å². The first-order valence-electron chi connectivity index (χ1n) is 10.4. The number of nitrogens with zero attached hydrogens (tertiary/aromatic N) is 3. The summed E-state index contributed by atoms with van der Waals surface area (Å²) in [5.74, 6) is -0.922. The van der Waals surface area contributed by atoms with E-state index in [1.807, 2.05) is 6.92 Å². The van der Waals surface area contributed by atoms with Crippen molar-refractivity contribution in [3.63, 3.8) is 0 Å². The minimum absolute atomic E-state index is 0.0532. The van der Waals surface area contributed by atoms with Crippen molar-refractivity contribution in [1.82, 2.24) is 14.9 Å². The molecule has 3 aromatic rings. The molecule has 7 heteroatoms. The quantitative estimate of drug-likeness (QED) is 0.348. The number of hydrogen-bond acceptors (Lipinski definition) is 6. The molecule has 1 aliphatic rings. The fraction of sp³-hybridized carbons (Fsp3) is 0.200. The molecule has 1 fully saturated rings. The maximum Gasteiger partial charge on any atom is 0.295 e. The van der Waals surface area contributed by atoms with Gasteiger partial charge < -0.3 is 14.7 Å². The Bertz CT molecular complexity index is 1130. The largest absolute Gasteiger partial charge is 0.507 e. The van der Waals surface area contributed by atoms with Gasteiger partial charge in [0.15, 0.2) is 0 Å². The number of aliphatic hydroxyl groups is 1. The number of ether oxygens (including phenoxy) is 1. The first kappa shape index (κ1) is 21.2. The average Bonchev–Trinajstić information content (AvgIpc) is 3.09. The SMILES string of the molecule is CCCOc1ccc(/C(O)=C2\C(=O)C(=O)N(Cc3ccncc3)C2c2ccncc2)cc1. The number of rotatable bonds is 7. The fourth-order valence-electron chi connectivity index (χ4n) is 3.70. The maximum absolute atomic E-state index is 13.1. The van der Waals surface area contributed by atoms with E-state index in [0.717, 1.165) is 12.0 Å². The molecule has 0 saturated carbocycles. The van der Waals surface area contributed by atoms with Crippen LogP contribution in [-0.2, 0) is 16.1 Å². The van der Waals surface area contributed by atoms with E-state index in [-0.39, 0.29) is 17.9 Å². The van der Waals surface area contributed by atoms with Crippen LogP contribution in [-0.4, -0.2) is 38.3 Å². The van der Waals surface area contributed by atoms with Crippen molar-refractivity contribution in [2.24, 2.45) is 0 Å². The van der Waals surface area contributed by atoms with Crippen LogP contribution < -0.4 is 4.74 Å². The summed E-state index contributed by atoms with van der Waals surface area (Å²) in [6.45, 7) is 2.82. The van der Waals surface area contributed by atoms with Crippen LogP contribution in [0.2, 0.25) is 0 Å². The highest BCUT2D eigenvalue weighted by Gasteiger charge is 2.46. The zero-order chi connectivity index (χ0) is 22.5. The van der Waals surface area contributed by atoms with Crippen molar-refractivity contribution in [3.8, 4) is 5.75 Å². The second-order valence-corrected chi connectivity index (χ2v) is 7.44. The van der Waals surface area contributed by atoms with Gasteiger partial charge in [0.05, 0.1) is 18.2 Å². The molecule has 1 atom stereocenters. The summed E-state index contributed by atoms with van der Waals surface area (Å²) < 4.78 is 5.59. The Morgan fingerprint density at radius 2 is 1.59 bits per heavy atom. The number of hydrogen-bond donors (Lipinski definition) is 1. The lowest BCUT2D eigenvalue weighted by atomic mass is 9.96. The van der Waals surface area contributed by atoms with Crippen LogP contribution >= 0.6 is 0 Å². The predicted molar refractivity (Wildman–Crippen MR) is 119 cm³/mol. The molecule has 1 N–H and O–H groups in total. The molecule has 1 aromatic carbocycles. The molecule has 7 nitrogen and oxygen atoms in total. The van der Waals surface area contributed by atoms with Crippen LogP contribution in [0, 0.1) is 0 Å². The number of likely N-dealkylation sites (tertiary alicyclic amines) is 1. The summed E-state index contributed by atoms with van der Waals surface area (Å²) in [6.07, 6.45) is 7.35. The standard InChI is InChI=1S/C25H23N3O4/c1-2-15-32-20-5-3-19(4-6-20)23(29)21-22(18-9-13-27-14-10-18)28(25(31)24(21)30)16-17-7-11-26-12-8-17/h3-14,22,29H,2,15-16H2,1H3/b23-21+. The minimum atomic E-state index is -0.734. The number of pyridine rings is 2. The van der Waals surface area contributed by atoms with Gasteiger partial charge in [-0.25, -0.2) is 0 Å². The molecule has 1 amide bonds. The van der Waals surface area contributed by atoms with E-state index in [4.69, 9.17) is 4.74 Å². The number of benzene rings is 1. The molecule has 32 heavy (non-hydrogen) atoms. The Morgan fingerprint density at radius 1 is 0.969 bits per heavy atom. The number of Topliss-reactive ketones (excluding diaryl/α,β-unsaturated/α-hetero) is 1. The van der Waals surface area contributed by atoms with E-state index in [0.29, 0.717) is 23.5 Å². The fourth-order valence-corrected chi connectivity index (χ4v) is 3.70. The van der Waals surface area contributed by atoms with Gasteiger partial charge in [-0.2, -0.15) is 0 Å². The van der Waals surface area contributed by atoms with Crippen LogP contribution in [0.5, 0.6) is 5.75 Å². The van der Waals surface area contributed by atoms with Crippen molar-refractivity contribution in [3.05, 3.63) is 95.6 Å². The molecule has 0 spiro atoms. The van der Waals surface area contributed by atoms with Gasteiger partial charge >= 0.3 is 0 Å². The van der Waals surface area contributed by atoms with Crippen molar-refractivity contribution in [2.45, 2.75) is 25.9 Å². The topological polar surface area (TPSA) is 92.6 Å². The molecule has 3 heterocycles. The second-order valence-electron chi connectivity index (χ2n) is 7.44. The number of aliphatic hydroxyl groups excluding tert-OH is 1. The van der Waals surface area contributed by atoms with Crippen molar-refractivity contribution in [2.75, 3.05) is 6.61 Å². The van der Waals surface area contributed by atoms with Gasteiger partial charge in [0.25, 0.3) is 11.7 Å². The predicted octanol–water partition coefficient (Wildman–Crippen LogP) is 3.89. The minimum Gasteiger partial charge on any atom is -0.507 e. The van der Waals surface area contributed by atoms with E-state index in [9.17, 15) is 14.7 Å². The number of aromatic nitrogens is 2. The zero-order valence-corrected chi connectivity index (χ0v) is 17.6. The van der Waals surface area contributed by atoms with E-state index >= 15 is 0 Å². The summed E-state index contributed by atoms with van der Waals surface area (Å²) in [6, 6.07) is 13.2. The third-order valence-electron chi connectivity index (χ3n) is 5.26. The van der Waals surface area contributed by atoms with Crippen LogP contribution in [0.1, 0.15) is 36.1 Å².